The third kappa shape index (κ3) is 4.32. The van der Waals surface area contributed by atoms with E-state index in [0.29, 0.717) is 28.8 Å². The number of ether oxygens (including phenoxy) is 6. The first-order valence-corrected chi connectivity index (χ1v) is 10.8. The average molecular weight is 461 g/mol. The summed E-state index contributed by atoms with van der Waals surface area (Å²) in [5.74, 6) is 1.84. The van der Waals surface area contributed by atoms with Crippen molar-refractivity contribution in [2.24, 2.45) is 0 Å². The van der Waals surface area contributed by atoms with Gasteiger partial charge in [0.05, 0.1) is 28.4 Å². The molecule has 6 nitrogen and oxygen atoms in total. The van der Waals surface area contributed by atoms with Crippen LogP contribution in [0, 0.1) is 0 Å². The normalized spacial score (nSPS) is 16.9. The zero-order chi connectivity index (χ0) is 24.1. The van der Waals surface area contributed by atoms with E-state index in [2.05, 4.69) is 0 Å². The van der Waals surface area contributed by atoms with Gasteiger partial charge in [-0.15, -0.1) is 0 Å². The molecular weight excluding hydrogens is 432 g/mol. The van der Waals surface area contributed by atoms with Crippen LogP contribution in [0.1, 0.15) is 22.3 Å². The van der Waals surface area contributed by atoms with Crippen LogP contribution in [0.2, 0.25) is 0 Å². The molecule has 1 aliphatic rings. The Bertz CT molecular complexity index is 1220. The molecule has 0 bridgehead atoms. The average Bonchev–Trinajstić information content (AvgIpc) is 2.90. The summed E-state index contributed by atoms with van der Waals surface area (Å²) in [5, 5.41) is 0. The summed E-state index contributed by atoms with van der Waals surface area (Å²) in [6, 6.07) is 19.4. The fraction of sp³-hybridized carbons (Fsp3) is 0.214. The molecule has 176 valence electrons. The molecule has 3 aromatic carbocycles. The molecule has 0 aliphatic carbocycles. The minimum absolute atomic E-state index is 0.586. The molecular formula is C28H28O6. The fourth-order valence-corrected chi connectivity index (χ4v) is 3.95. The topological polar surface area (TPSA) is 55.4 Å². The first kappa shape index (κ1) is 23.3. The summed E-state index contributed by atoms with van der Waals surface area (Å²) in [6.07, 6.45) is 5.83. The SMILES string of the molecule is COc1ccc(C2=Cc3cc(OC)c(OC)cc3C(C=Cc3ccccc3)(OC)O2)cc1OC. The van der Waals surface area contributed by atoms with Gasteiger partial charge in [-0.2, -0.15) is 0 Å². The Morgan fingerprint density at radius 1 is 0.706 bits per heavy atom. The first-order chi connectivity index (χ1) is 16.6. The van der Waals surface area contributed by atoms with Crippen LogP contribution in [-0.4, -0.2) is 35.5 Å². The highest BCUT2D eigenvalue weighted by Gasteiger charge is 2.39. The van der Waals surface area contributed by atoms with E-state index < -0.39 is 5.79 Å². The molecule has 0 radical (unpaired) electrons. The second kappa shape index (κ2) is 9.93. The zero-order valence-corrected chi connectivity index (χ0v) is 20.0. The number of rotatable bonds is 8. The molecule has 0 fully saturated rings. The first-order valence-electron chi connectivity index (χ1n) is 10.8. The van der Waals surface area contributed by atoms with E-state index >= 15 is 0 Å². The quantitative estimate of drug-likeness (QED) is 0.426. The highest BCUT2D eigenvalue weighted by molar-refractivity contribution is 5.83. The predicted octanol–water partition coefficient (Wildman–Crippen LogP) is 5.76. The second-order valence-corrected chi connectivity index (χ2v) is 7.59. The highest BCUT2D eigenvalue weighted by Crippen LogP contribution is 2.46. The van der Waals surface area contributed by atoms with Crippen molar-refractivity contribution in [1.29, 1.82) is 0 Å². The second-order valence-electron chi connectivity index (χ2n) is 7.59. The maximum Gasteiger partial charge on any atom is 0.258 e. The molecule has 1 unspecified atom stereocenters. The van der Waals surface area contributed by atoms with Crippen molar-refractivity contribution < 1.29 is 28.4 Å². The number of benzene rings is 3. The fourth-order valence-electron chi connectivity index (χ4n) is 3.95. The lowest BCUT2D eigenvalue weighted by atomic mass is 9.93. The Labute approximate surface area is 199 Å². The van der Waals surface area contributed by atoms with Gasteiger partial charge in [0.25, 0.3) is 5.79 Å². The van der Waals surface area contributed by atoms with Crippen LogP contribution in [-0.2, 0) is 15.3 Å². The van der Waals surface area contributed by atoms with Crippen LogP contribution in [0.3, 0.4) is 0 Å². The van der Waals surface area contributed by atoms with Gasteiger partial charge in [0.15, 0.2) is 23.0 Å². The Hall–Kier alpha value is -3.90. The highest BCUT2D eigenvalue weighted by atomic mass is 16.7. The van der Waals surface area contributed by atoms with Gasteiger partial charge in [-0.3, -0.25) is 0 Å². The van der Waals surface area contributed by atoms with Gasteiger partial charge in [-0.25, -0.2) is 0 Å². The van der Waals surface area contributed by atoms with Crippen LogP contribution in [0.4, 0.5) is 0 Å². The van der Waals surface area contributed by atoms with E-state index in [4.69, 9.17) is 28.4 Å². The van der Waals surface area contributed by atoms with Crippen molar-refractivity contribution >= 4 is 17.9 Å². The van der Waals surface area contributed by atoms with Crippen molar-refractivity contribution in [1.82, 2.24) is 0 Å². The Morgan fingerprint density at radius 3 is 2.00 bits per heavy atom. The van der Waals surface area contributed by atoms with Gasteiger partial charge in [0, 0.05) is 18.2 Å². The predicted molar refractivity (Wildman–Crippen MR) is 132 cm³/mol. The molecule has 0 amide bonds. The number of hydrogen-bond donors (Lipinski definition) is 0. The molecule has 3 aromatic rings. The lowest BCUT2D eigenvalue weighted by Gasteiger charge is -2.36. The number of methoxy groups -OCH3 is 5. The Kier molecular flexibility index (Phi) is 6.80. The molecule has 0 saturated carbocycles. The molecule has 0 saturated heterocycles. The molecule has 0 spiro atoms. The van der Waals surface area contributed by atoms with E-state index in [-0.39, 0.29) is 0 Å². The van der Waals surface area contributed by atoms with E-state index in [1.54, 1.807) is 35.5 Å². The molecule has 6 heteroatoms. The van der Waals surface area contributed by atoms with Crippen molar-refractivity contribution in [3.8, 4) is 23.0 Å². The van der Waals surface area contributed by atoms with E-state index in [1.807, 2.05) is 78.9 Å². The summed E-state index contributed by atoms with van der Waals surface area (Å²) < 4.78 is 34.6. The Balaban J connectivity index is 1.90. The van der Waals surface area contributed by atoms with Crippen LogP contribution in [0.5, 0.6) is 23.0 Å². The maximum atomic E-state index is 6.56. The monoisotopic (exact) mass is 460 g/mol. The summed E-state index contributed by atoms with van der Waals surface area (Å²) in [7, 11) is 8.04. The smallest absolute Gasteiger partial charge is 0.258 e. The lowest BCUT2D eigenvalue weighted by Crippen LogP contribution is -2.32. The Morgan fingerprint density at radius 2 is 1.35 bits per heavy atom. The third-order valence-corrected chi connectivity index (χ3v) is 5.75. The standard InChI is InChI=1S/C28H28O6/c1-29-23-12-11-20(15-25(23)30-2)24-16-21-17-26(31-3)27(32-4)18-22(21)28(33-5,34-24)14-13-19-9-7-6-8-10-19/h6-18H,1-5H3. The molecule has 1 aliphatic heterocycles. The summed E-state index contributed by atoms with van der Waals surface area (Å²) >= 11 is 0. The minimum atomic E-state index is -1.21. The van der Waals surface area contributed by atoms with Gasteiger partial charge in [0.2, 0.25) is 0 Å². The van der Waals surface area contributed by atoms with Gasteiger partial charge in [-0.1, -0.05) is 36.4 Å². The van der Waals surface area contributed by atoms with Crippen molar-refractivity contribution in [3.63, 3.8) is 0 Å². The van der Waals surface area contributed by atoms with Gasteiger partial charge in [-0.05, 0) is 53.6 Å². The van der Waals surface area contributed by atoms with Crippen LogP contribution < -0.4 is 18.9 Å². The minimum Gasteiger partial charge on any atom is -0.493 e. The van der Waals surface area contributed by atoms with Crippen LogP contribution in [0.25, 0.3) is 17.9 Å². The molecule has 4 rings (SSSR count). The largest absolute Gasteiger partial charge is 0.493 e. The lowest BCUT2D eigenvalue weighted by molar-refractivity contribution is -0.151. The number of fused-ring (bicyclic) bond motifs is 1. The van der Waals surface area contributed by atoms with E-state index in [0.717, 1.165) is 22.3 Å². The molecule has 0 N–H and O–H groups in total. The summed E-state index contributed by atoms with van der Waals surface area (Å²) in [5.41, 5.74) is 3.51. The van der Waals surface area contributed by atoms with E-state index in [1.165, 1.54) is 0 Å². The molecule has 1 atom stereocenters. The van der Waals surface area contributed by atoms with Crippen molar-refractivity contribution in [3.05, 3.63) is 89.0 Å². The van der Waals surface area contributed by atoms with Crippen LogP contribution in [0.15, 0.2) is 66.7 Å². The summed E-state index contributed by atoms with van der Waals surface area (Å²) in [4.78, 5) is 0. The molecule has 1 heterocycles. The molecule has 34 heavy (non-hydrogen) atoms. The van der Waals surface area contributed by atoms with Crippen molar-refractivity contribution in [2.75, 3.05) is 35.5 Å². The zero-order valence-electron chi connectivity index (χ0n) is 20.0. The van der Waals surface area contributed by atoms with Gasteiger partial charge >= 0.3 is 0 Å². The van der Waals surface area contributed by atoms with Crippen molar-refractivity contribution in [2.45, 2.75) is 5.79 Å². The summed E-state index contributed by atoms with van der Waals surface area (Å²) in [6.45, 7) is 0. The van der Waals surface area contributed by atoms with Crippen LogP contribution >= 0.6 is 0 Å². The number of hydrogen-bond acceptors (Lipinski definition) is 6. The molecule has 0 aromatic heterocycles. The van der Waals surface area contributed by atoms with Gasteiger partial charge in [0.1, 0.15) is 5.76 Å². The van der Waals surface area contributed by atoms with Gasteiger partial charge < -0.3 is 28.4 Å². The third-order valence-electron chi connectivity index (χ3n) is 5.75. The van der Waals surface area contributed by atoms with E-state index in [9.17, 15) is 0 Å². The maximum absolute atomic E-state index is 6.56.